The molecule has 5 aliphatic rings. The molecular weight excluding hydrogens is 621 g/mol. The van der Waals surface area contributed by atoms with Crippen molar-refractivity contribution in [3.8, 4) is 5.75 Å². The molecular formula is C36H44FN3O6S. The molecule has 11 heteroatoms. The van der Waals surface area contributed by atoms with Gasteiger partial charge in [-0.1, -0.05) is 44.1 Å². The first kappa shape index (κ1) is 32.2. The standard InChI is InChI=1S/C36H44FN3O6S/c1-22-10-7-5-4-6-8-11-24-18-36(24,33(43)39-47(44,45)34(3)16-17-34)20-29(41)28-19-35(21-40(28)32(22)42)15-14-26-25-12-9-13-27(37)30(25)38-23(2)31(26)46-35/h8-9,11-13,22,24,28H,4-7,10,14-21H2,1-3H3,(H,39,43)/b11-8-/t22-,24+,28-,35+,36?/m0/s1. The van der Waals surface area contributed by atoms with Crippen LogP contribution in [0.2, 0.25) is 0 Å². The lowest BCUT2D eigenvalue weighted by atomic mass is 9.85. The number of amides is 2. The highest BCUT2D eigenvalue weighted by Crippen LogP contribution is 2.58. The summed E-state index contributed by atoms with van der Waals surface area (Å²) in [6.45, 7) is 5.55. The van der Waals surface area contributed by atoms with Crippen LogP contribution in [0.4, 0.5) is 4.39 Å². The van der Waals surface area contributed by atoms with Crippen molar-refractivity contribution in [3.05, 3.63) is 47.4 Å². The molecule has 1 spiro atoms. The van der Waals surface area contributed by atoms with E-state index < -0.39 is 43.6 Å². The van der Waals surface area contributed by atoms with Gasteiger partial charge in [-0.15, -0.1) is 0 Å². The number of carbonyl (C=O) groups excluding carboxylic acids is 3. The van der Waals surface area contributed by atoms with Gasteiger partial charge in [-0.05, 0) is 77.2 Å². The van der Waals surface area contributed by atoms with Gasteiger partial charge in [0.1, 0.15) is 22.7 Å². The highest BCUT2D eigenvalue weighted by molar-refractivity contribution is 7.91. The van der Waals surface area contributed by atoms with E-state index in [2.05, 4.69) is 9.71 Å². The Kier molecular flexibility index (Phi) is 7.80. The second-order valence-electron chi connectivity index (χ2n) is 15.1. The Morgan fingerprint density at radius 2 is 1.91 bits per heavy atom. The number of benzene rings is 1. The smallest absolute Gasteiger partial charge is 0.240 e. The minimum Gasteiger partial charge on any atom is -0.483 e. The lowest BCUT2D eigenvalue weighted by Gasteiger charge is -2.36. The van der Waals surface area contributed by atoms with Crippen LogP contribution in [-0.4, -0.2) is 58.8 Å². The molecule has 5 atom stereocenters. The predicted molar refractivity (Wildman–Crippen MR) is 174 cm³/mol. The van der Waals surface area contributed by atoms with Gasteiger partial charge in [-0.2, -0.15) is 0 Å². The fourth-order valence-electron chi connectivity index (χ4n) is 8.06. The average molecular weight is 666 g/mol. The number of carbonyl (C=O) groups is 3. The summed E-state index contributed by atoms with van der Waals surface area (Å²) < 4.78 is 48.9. The largest absolute Gasteiger partial charge is 0.483 e. The number of ketones is 1. The van der Waals surface area contributed by atoms with E-state index in [-0.39, 0.29) is 42.9 Å². The van der Waals surface area contributed by atoms with E-state index >= 15 is 0 Å². The van der Waals surface area contributed by atoms with Crippen molar-refractivity contribution in [2.75, 3.05) is 6.54 Å². The minimum absolute atomic E-state index is 0.104. The number of aromatic nitrogens is 1. The molecule has 1 N–H and O–H groups in total. The maximum Gasteiger partial charge on any atom is 0.240 e. The van der Waals surface area contributed by atoms with Crippen LogP contribution in [0.5, 0.6) is 5.75 Å². The van der Waals surface area contributed by atoms with Gasteiger partial charge in [-0.3, -0.25) is 19.1 Å². The number of halogens is 1. The number of hydrogen-bond donors (Lipinski definition) is 1. The Hall–Kier alpha value is -3.34. The molecule has 1 aromatic carbocycles. The molecule has 0 bridgehead atoms. The molecule has 2 amide bonds. The van der Waals surface area contributed by atoms with Crippen molar-refractivity contribution >= 4 is 38.5 Å². The van der Waals surface area contributed by atoms with Crippen molar-refractivity contribution < 1.29 is 31.9 Å². The van der Waals surface area contributed by atoms with Gasteiger partial charge < -0.3 is 9.64 Å². The van der Waals surface area contributed by atoms with Crippen molar-refractivity contribution in [2.24, 2.45) is 17.3 Å². The maximum absolute atomic E-state index is 14.7. The molecule has 1 aromatic heterocycles. The van der Waals surface area contributed by atoms with Crippen LogP contribution in [-0.2, 0) is 30.8 Å². The molecule has 1 unspecified atom stereocenters. The molecule has 2 aliphatic carbocycles. The summed E-state index contributed by atoms with van der Waals surface area (Å²) in [6.07, 6.45) is 10.9. The highest BCUT2D eigenvalue weighted by Gasteiger charge is 2.63. The zero-order chi connectivity index (χ0) is 33.4. The number of Topliss-reactive ketones (excluding diaryl/α,β-unsaturated/α-hetero) is 1. The van der Waals surface area contributed by atoms with Gasteiger partial charge >= 0.3 is 0 Å². The second kappa shape index (κ2) is 11.4. The van der Waals surface area contributed by atoms with Crippen LogP contribution < -0.4 is 9.46 Å². The average Bonchev–Trinajstić information content (AvgIpc) is 3.92. The van der Waals surface area contributed by atoms with E-state index in [0.29, 0.717) is 60.9 Å². The Morgan fingerprint density at radius 3 is 2.68 bits per heavy atom. The normalized spacial score (nSPS) is 32.8. The lowest BCUT2D eigenvalue weighted by Crippen LogP contribution is -2.47. The molecule has 1 saturated heterocycles. The number of hydrogen-bond acceptors (Lipinski definition) is 7. The zero-order valence-electron chi connectivity index (χ0n) is 27.4. The number of nitrogens with one attached hydrogen (secondary N) is 1. The van der Waals surface area contributed by atoms with E-state index in [1.165, 1.54) is 6.07 Å². The van der Waals surface area contributed by atoms with E-state index in [9.17, 15) is 27.2 Å². The summed E-state index contributed by atoms with van der Waals surface area (Å²) in [5.41, 5.74) is -0.283. The molecule has 2 aromatic rings. The number of rotatable bonds is 3. The quantitative estimate of drug-likeness (QED) is 0.432. The molecule has 47 heavy (non-hydrogen) atoms. The predicted octanol–water partition coefficient (Wildman–Crippen LogP) is 5.47. The lowest BCUT2D eigenvalue weighted by molar-refractivity contribution is -0.142. The molecule has 9 nitrogen and oxygen atoms in total. The Morgan fingerprint density at radius 1 is 1.13 bits per heavy atom. The molecule has 4 heterocycles. The number of nitrogens with zero attached hydrogens (tertiary/aromatic N) is 2. The number of fused-ring (bicyclic) bond motifs is 5. The number of sulfonamides is 1. The monoisotopic (exact) mass is 665 g/mol. The van der Waals surface area contributed by atoms with Crippen LogP contribution >= 0.6 is 0 Å². The van der Waals surface area contributed by atoms with Crippen molar-refractivity contribution in [2.45, 2.75) is 114 Å². The van der Waals surface area contributed by atoms with Gasteiger partial charge in [0, 0.05) is 29.7 Å². The third-order valence-electron chi connectivity index (χ3n) is 11.6. The van der Waals surface area contributed by atoms with Crippen LogP contribution in [0.25, 0.3) is 10.9 Å². The van der Waals surface area contributed by atoms with Gasteiger partial charge in [0.25, 0.3) is 0 Å². The van der Waals surface area contributed by atoms with Crippen molar-refractivity contribution in [3.63, 3.8) is 0 Å². The molecule has 2 saturated carbocycles. The summed E-state index contributed by atoms with van der Waals surface area (Å²) in [4.78, 5) is 48.4. The van der Waals surface area contributed by atoms with Crippen LogP contribution in [0.15, 0.2) is 30.4 Å². The molecule has 0 radical (unpaired) electrons. The highest BCUT2D eigenvalue weighted by atomic mass is 32.2. The molecule has 7 rings (SSSR count). The number of para-hydroxylation sites is 1. The fourth-order valence-corrected chi connectivity index (χ4v) is 9.40. The van der Waals surface area contributed by atoms with Gasteiger partial charge in [0.05, 0.1) is 28.4 Å². The zero-order valence-corrected chi connectivity index (χ0v) is 28.3. The summed E-state index contributed by atoms with van der Waals surface area (Å²) in [5, 5.41) is 0.699. The number of pyridine rings is 1. The van der Waals surface area contributed by atoms with Crippen molar-refractivity contribution in [1.82, 2.24) is 14.6 Å². The van der Waals surface area contributed by atoms with E-state index in [1.54, 1.807) is 24.8 Å². The fraction of sp³-hybridized carbons (Fsp3) is 0.611. The van der Waals surface area contributed by atoms with Gasteiger partial charge in [0.15, 0.2) is 5.78 Å². The maximum atomic E-state index is 14.7. The van der Waals surface area contributed by atoms with E-state index in [0.717, 1.165) is 31.2 Å². The van der Waals surface area contributed by atoms with E-state index in [4.69, 9.17) is 4.74 Å². The molecule has 252 valence electrons. The Labute approximate surface area is 275 Å². The van der Waals surface area contributed by atoms with Crippen LogP contribution in [0.1, 0.15) is 95.7 Å². The van der Waals surface area contributed by atoms with Gasteiger partial charge in [0.2, 0.25) is 21.8 Å². The Bertz CT molecular complexity index is 1810. The number of allylic oxidation sites excluding steroid dienone is 2. The van der Waals surface area contributed by atoms with Crippen molar-refractivity contribution in [1.29, 1.82) is 0 Å². The number of aryl methyl sites for hydroxylation is 2. The molecule has 3 fully saturated rings. The first-order valence-corrected chi connectivity index (χ1v) is 18.6. The number of ether oxygens (including phenoxy) is 1. The summed E-state index contributed by atoms with van der Waals surface area (Å²) in [5.74, 6) is -1.33. The van der Waals surface area contributed by atoms with E-state index in [1.807, 2.05) is 25.1 Å². The topological polar surface area (TPSA) is 123 Å². The molecule has 3 aliphatic heterocycles. The first-order valence-electron chi connectivity index (χ1n) is 17.1. The second-order valence-corrected chi connectivity index (χ2v) is 17.3. The Balaban J connectivity index is 1.21. The van der Waals surface area contributed by atoms with Gasteiger partial charge in [-0.25, -0.2) is 17.8 Å². The summed E-state index contributed by atoms with van der Waals surface area (Å²) >= 11 is 0. The summed E-state index contributed by atoms with van der Waals surface area (Å²) in [6, 6.07) is 4.08. The summed E-state index contributed by atoms with van der Waals surface area (Å²) in [7, 11) is -3.89. The third kappa shape index (κ3) is 5.56. The van der Waals surface area contributed by atoms with Crippen LogP contribution in [0.3, 0.4) is 0 Å². The van der Waals surface area contributed by atoms with Crippen LogP contribution in [0, 0.1) is 30.0 Å². The minimum atomic E-state index is -3.89. The SMILES string of the molecule is Cc1nc2c(F)cccc2c2c1O[C@]1(CC2)C[C@H]2C(=O)CC3(C(=O)NS(=O)(=O)C4(C)CC4)C[C@H]3/C=C\CCCCC[C@H](C)C(=O)N2C1. The third-order valence-corrected chi connectivity index (χ3v) is 13.8. The first-order chi connectivity index (χ1) is 22.3.